The van der Waals surface area contributed by atoms with Crippen molar-refractivity contribution in [3.05, 3.63) is 29.8 Å². The van der Waals surface area contributed by atoms with Gasteiger partial charge >= 0.3 is 9.24 Å². The molecule has 0 aromatic heterocycles. The molecule has 0 aliphatic carbocycles. The predicted octanol–water partition coefficient (Wildman–Crippen LogP) is 2.23. The fourth-order valence-corrected chi connectivity index (χ4v) is 3.30. The minimum atomic E-state index is -4.03. The average molecular weight is 304 g/mol. The highest BCUT2D eigenvalue weighted by Crippen LogP contribution is 2.39. The van der Waals surface area contributed by atoms with Crippen molar-refractivity contribution >= 4 is 25.8 Å². The van der Waals surface area contributed by atoms with Crippen LogP contribution in [0.15, 0.2) is 24.3 Å². The molecule has 5 nitrogen and oxygen atoms in total. The van der Waals surface area contributed by atoms with Gasteiger partial charge in [0.2, 0.25) is 5.91 Å². The van der Waals surface area contributed by atoms with Crippen molar-refractivity contribution in [2.45, 2.75) is 25.8 Å². The van der Waals surface area contributed by atoms with Crippen LogP contribution in [0.1, 0.15) is 31.4 Å². The maximum atomic E-state index is 11.3. The molecule has 19 heavy (non-hydrogen) atoms. The number of ether oxygens (including phenoxy) is 1. The second kappa shape index (κ2) is 5.38. The Bertz CT molecular complexity index is 587. The van der Waals surface area contributed by atoms with Crippen LogP contribution in [0.5, 0.6) is 5.75 Å². The topological polar surface area (TPSA) is 63.7 Å². The lowest BCUT2D eigenvalue weighted by Crippen LogP contribution is -2.47. The van der Waals surface area contributed by atoms with Crippen molar-refractivity contribution < 1.29 is 17.9 Å². The molecule has 1 heterocycles. The molecule has 0 saturated carbocycles. The molecule has 1 amide bonds. The van der Waals surface area contributed by atoms with E-state index in [4.69, 9.17) is 15.4 Å². The zero-order chi connectivity index (χ0) is 14.0. The van der Waals surface area contributed by atoms with E-state index in [0.717, 1.165) is 6.42 Å². The summed E-state index contributed by atoms with van der Waals surface area (Å²) in [4.78, 5) is 11.3. The lowest BCUT2D eigenvalue weighted by atomic mass is 9.97. The Morgan fingerprint density at radius 2 is 2.21 bits per heavy atom. The van der Waals surface area contributed by atoms with Gasteiger partial charge in [-0.15, -0.1) is 0 Å². The predicted molar refractivity (Wildman–Crippen MR) is 71.2 cm³/mol. The number of benzene rings is 1. The van der Waals surface area contributed by atoms with E-state index in [1.807, 2.05) is 6.92 Å². The molecule has 1 aliphatic heterocycles. The van der Waals surface area contributed by atoms with Gasteiger partial charge in [-0.1, -0.05) is 19.1 Å². The molecule has 2 rings (SSSR count). The van der Waals surface area contributed by atoms with Crippen LogP contribution in [-0.2, 0) is 14.0 Å². The highest BCUT2D eigenvalue weighted by Gasteiger charge is 2.44. The Morgan fingerprint density at radius 3 is 2.79 bits per heavy atom. The summed E-state index contributed by atoms with van der Waals surface area (Å²) in [5, 5.41) is 0. The minimum Gasteiger partial charge on any atom is -0.494 e. The van der Waals surface area contributed by atoms with Gasteiger partial charge in [-0.05, 0) is 24.1 Å². The first-order chi connectivity index (χ1) is 8.93. The molecule has 0 radical (unpaired) electrons. The van der Waals surface area contributed by atoms with E-state index < -0.39 is 21.2 Å². The summed E-state index contributed by atoms with van der Waals surface area (Å²) in [5.74, 6) is 0.172. The lowest BCUT2D eigenvalue weighted by molar-refractivity contribution is -0.137. The zero-order valence-corrected chi connectivity index (χ0v) is 11.9. The van der Waals surface area contributed by atoms with E-state index in [0.29, 0.717) is 22.2 Å². The van der Waals surface area contributed by atoms with Gasteiger partial charge in [0.15, 0.2) is 0 Å². The molecule has 1 aromatic carbocycles. The van der Waals surface area contributed by atoms with Crippen molar-refractivity contribution in [2.24, 2.45) is 0 Å². The SMILES string of the molecule is CCCOc1cccc(C2CC(=O)N2S(=O)(=O)Cl)c1. The van der Waals surface area contributed by atoms with Crippen LogP contribution < -0.4 is 4.74 Å². The minimum absolute atomic E-state index is 0.142. The number of hydrogen-bond donors (Lipinski definition) is 0. The molecule has 1 unspecified atom stereocenters. The van der Waals surface area contributed by atoms with Gasteiger partial charge in [0.1, 0.15) is 5.75 Å². The van der Waals surface area contributed by atoms with E-state index in [1.165, 1.54) is 0 Å². The molecule has 1 aliphatic rings. The van der Waals surface area contributed by atoms with Gasteiger partial charge in [-0.3, -0.25) is 4.79 Å². The second-order valence-electron chi connectivity index (χ2n) is 4.27. The third-order valence-electron chi connectivity index (χ3n) is 2.85. The van der Waals surface area contributed by atoms with Crippen molar-refractivity contribution in [1.82, 2.24) is 4.31 Å². The van der Waals surface area contributed by atoms with Gasteiger partial charge in [-0.25, -0.2) is 4.31 Å². The highest BCUT2D eigenvalue weighted by molar-refractivity contribution is 8.12. The normalized spacial score (nSPS) is 19.2. The molecule has 104 valence electrons. The lowest BCUT2D eigenvalue weighted by Gasteiger charge is -2.37. The van der Waals surface area contributed by atoms with E-state index in [2.05, 4.69) is 0 Å². The third-order valence-corrected chi connectivity index (χ3v) is 4.22. The van der Waals surface area contributed by atoms with Gasteiger partial charge in [0.25, 0.3) is 0 Å². The number of hydrogen-bond acceptors (Lipinski definition) is 4. The van der Waals surface area contributed by atoms with Gasteiger partial charge in [-0.2, -0.15) is 8.42 Å². The molecule has 1 saturated heterocycles. The zero-order valence-electron chi connectivity index (χ0n) is 10.4. The molecule has 0 N–H and O–H groups in total. The molecule has 1 fully saturated rings. The molecule has 1 aromatic rings. The van der Waals surface area contributed by atoms with Gasteiger partial charge in [0, 0.05) is 10.7 Å². The smallest absolute Gasteiger partial charge is 0.324 e. The largest absolute Gasteiger partial charge is 0.494 e. The Morgan fingerprint density at radius 1 is 1.47 bits per heavy atom. The molecule has 0 bridgehead atoms. The summed E-state index contributed by atoms with van der Waals surface area (Å²) in [5.41, 5.74) is 0.706. The van der Waals surface area contributed by atoms with Gasteiger partial charge < -0.3 is 4.74 Å². The fourth-order valence-electron chi connectivity index (χ4n) is 1.96. The van der Waals surface area contributed by atoms with Crippen LogP contribution in [0.25, 0.3) is 0 Å². The first-order valence-corrected chi connectivity index (χ1v) is 8.19. The summed E-state index contributed by atoms with van der Waals surface area (Å²) in [7, 11) is 1.22. The summed E-state index contributed by atoms with van der Waals surface area (Å²) in [6.07, 6.45) is 1.03. The molecule has 0 spiro atoms. The summed E-state index contributed by atoms with van der Waals surface area (Å²) < 4.78 is 28.8. The maximum Gasteiger partial charge on any atom is 0.324 e. The first kappa shape index (κ1) is 14.1. The molecular weight excluding hydrogens is 290 g/mol. The number of amides is 1. The number of carbonyl (C=O) groups excluding carboxylic acids is 1. The van der Waals surface area contributed by atoms with Crippen LogP contribution in [-0.4, -0.2) is 25.2 Å². The standard InChI is InChI=1S/C12H14ClNO4S/c1-2-6-18-10-5-3-4-9(7-10)11-8-12(15)14(11)19(13,16)17/h3-5,7,11H,2,6,8H2,1H3. The monoisotopic (exact) mass is 303 g/mol. The number of nitrogens with zero attached hydrogens (tertiary/aromatic N) is 1. The van der Waals surface area contributed by atoms with Crippen LogP contribution in [0, 0.1) is 0 Å². The second-order valence-corrected chi connectivity index (χ2v) is 6.66. The van der Waals surface area contributed by atoms with E-state index in [9.17, 15) is 13.2 Å². The van der Waals surface area contributed by atoms with Crippen molar-refractivity contribution in [1.29, 1.82) is 0 Å². The molecular formula is C12H14ClNO4S. The number of carbonyl (C=O) groups is 1. The summed E-state index contributed by atoms with van der Waals surface area (Å²) in [6, 6.07) is 6.52. The average Bonchev–Trinajstić information content (AvgIpc) is 2.31. The van der Waals surface area contributed by atoms with Crippen molar-refractivity contribution in [3.8, 4) is 5.75 Å². The maximum absolute atomic E-state index is 11.3. The Balaban J connectivity index is 2.21. The van der Waals surface area contributed by atoms with E-state index >= 15 is 0 Å². The van der Waals surface area contributed by atoms with E-state index in [-0.39, 0.29) is 6.42 Å². The van der Waals surface area contributed by atoms with Crippen molar-refractivity contribution in [3.63, 3.8) is 0 Å². The van der Waals surface area contributed by atoms with Crippen LogP contribution in [0.4, 0.5) is 0 Å². The van der Waals surface area contributed by atoms with Crippen LogP contribution >= 0.6 is 10.7 Å². The van der Waals surface area contributed by atoms with E-state index in [1.54, 1.807) is 24.3 Å². The Kier molecular flexibility index (Phi) is 4.01. The number of β-lactam (4-membered cyclic amide) rings is 1. The Hall–Kier alpha value is -1.27. The highest BCUT2D eigenvalue weighted by atomic mass is 35.7. The quantitative estimate of drug-likeness (QED) is 0.618. The first-order valence-electron chi connectivity index (χ1n) is 5.93. The summed E-state index contributed by atoms with van der Waals surface area (Å²) in [6.45, 7) is 2.58. The third kappa shape index (κ3) is 3.01. The fraction of sp³-hybridized carbons (Fsp3) is 0.417. The summed E-state index contributed by atoms with van der Waals surface area (Å²) >= 11 is 0. The molecule has 1 atom stereocenters. The Labute approximate surface area is 116 Å². The number of rotatable bonds is 5. The van der Waals surface area contributed by atoms with Gasteiger partial charge in [0.05, 0.1) is 19.1 Å². The molecule has 7 heteroatoms. The number of halogens is 1. The van der Waals surface area contributed by atoms with Crippen molar-refractivity contribution in [2.75, 3.05) is 6.61 Å². The van der Waals surface area contributed by atoms with Crippen LogP contribution in [0.2, 0.25) is 0 Å². The van der Waals surface area contributed by atoms with Crippen LogP contribution in [0.3, 0.4) is 0 Å².